The molecule has 1 saturated heterocycles. The number of sulfone groups is 1. The van der Waals surface area contributed by atoms with Crippen LogP contribution in [-0.4, -0.2) is 48.4 Å². The van der Waals surface area contributed by atoms with E-state index in [9.17, 15) is 17.6 Å². The molecule has 6 rings (SSSR count). The Kier molecular flexibility index (Phi) is 6.77. The number of allylic oxidation sites excluding steroid dienone is 3. The average molecular weight is 582 g/mol. The van der Waals surface area contributed by atoms with Crippen LogP contribution < -0.4 is 0 Å². The maximum absolute atomic E-state index is 13.9. The van der Waals surface area contributed by atoms with Gasteiger partial charge in [-0.3, -0.25) is 4.79 Å². The predicted molar refractivity (Wildman–Crippen MR) is 164 cm³/mol. The Morgan fingerprint density at radius 2 is 1.83 bits per heavy atom. The maximum Gasteiger partial charge on any atom is 0.255 e. The first-order valence-corrected chi connectivity index (χ1v) is 15.8. The first-order chi connectivity index (χ1) is 20.1. The molecule has 0 unspecified atom stereocenters. The number of benzene rings is 3. The molecule has 2 heterocycles. The Bertz CT molecular complexity index is 1890. The minimum absolute atomic E-state index is 0.00689. The van der Waals surface area contributed by atoms with E-state index in [4.69, 9.17) is 0 Å². The summed E-state index contributed by atoms with van der Waals surface area (Å²) in [5, 5.41) is 5.56. The zero-order valence-corrected chi connectivity index (χ0v) is 24.6. The van der Waals surface area contributed by atoms with Gasteiger partial charge in [-0.25, -0.2) is 17.5 Å². The molecule has 1 saturated carbocycles. The number of piperidine rings is 1. The highest BCUT2D eigenvalue weighted by Crippen LogP contribution is 2.70. The molecular weight excluding hydrogens is 549 g/mol. The smallest absolute Gasteiger partial charge is 0.255 e. The average Bonchev–Trinajstić information content (AvgIpc) is 3.21. The molecule has 3 atom stereocenters. The normalized spacial score (nSPS) is 22.3. The van der Waals surface area contributed by atoms with Gasteiger partial charge in [-0.15, -0.1) is 0 Å². The molecule has 2 aliphatic rings. The van der Waals surface area contributed by atoms with Crippen molar-refractivity contribution in [1.29, 1.82) is 0 Å². The number of aryl methyl sites for hydroxylation is 1. The van der Waals surface area contributed by atoms with E-state index >= 15 is 0 Å². The van der Waals surface area contributed by atoms with E-state index in [0.717, 1.165) is 34.0 Å². The molecule has 3 aromatic carbocycles. The number of carbonyl (C=O) groups is 1. The Morgan fingerprint density at radius 3 is 2.48 bits per heavy atom. The Labute approximate surface area is 245 Å². The SMILES string of the molecule is C=C/C=C(C(=O)N1C[C@@H]2[C@@H](c3ccccc3)[C@]2(c2cc3cnn(-c4ccc(F)cc4)c3cc2C)C1)\C(=C/C)S(C)(=O)=O. The number of aromatic nitrogens is 2. The van der Waals surface area contributed by atoms with Gasteiger partial charge in [0, 0.05) is 36.1 Å². The van der Waals surface area contributed by atoms with Crippen molar-refractivity contribution in [2.45, 2.75) is 25.2 Å². The van der Waals surface area contributed by atoms with Gasteiger partial charge < -0.3 is 4.90 Å². The zero-order valence-electron chi connectivity index (χ0n) is 23.8. The summed E-state index contributed by atoms with van der Waals surface area (Å²) < 4.78 is 40.5. The lowest BCUT2D eigenvalue weighted by Crippen LogP contribution is -2.36. The molecule has 1 aromatic heterocycles. The Morgan fingerprint density at radius 1 is 1.12 bits per heavy atom. The summed E-state index contributed by atoms with van der Waals surface area (Å²) in [5.74, 6) is -0.225. The van der Waals surface area contributed by atoms with Crippen molar-refractivity contribution < 1.29 is 17.6 Å². The highest BCUT2D eigenvalue weighted by molar-refractivity contribution is 7.94. The second-order valence-electron chi connectivity index (χ2n) is 11.2. The number of fused-ring (bicyclic) bond motifs is 2. The molecule has 0 radical (unpaired) electrons. The van der Waals surface area contributed by atoms with Gasteiger partial charge in [0.1, 0.15) is 5.82 Å². The maximum atomic E-state index is 13.9. The quantitative estimate of drug-likeness (QED) is 0.198. The number of carbonyl (C=O) groups excluding carboxylic acids is 1. The molecule has 1 aliphatic carbocycles. The molecule has 0 bridgehead atoms. The van der Waals surface area contributed by atoms with E-state index in [2.05, 4.69) is 42.9 Å². The molecule has 214 valence electrons. The number of nitrogens with zero attached hydrogens (tertiary/aromatic N) is 3. The third-order valence-electron chi connectivity index (χ3n) is 8.75. The van der Waals surface area contributed by atoms with Crippen LogP contribution in [0.15, 0.2) is 108 Å². The van der Waals surface area contributed by atoms with Crippen LogP contribution >= 0.6 is 0 Å². The number of hydrogen-bond acceptors (Lipinski definition) is 4. The largest absolute Gasteiger partial charge is 0.337 e. The van der Waals surface area contributed by atoms with E-state index in [1.165, 1.54) is 35.9 Å². The first kappa shape index (κ1) is 27.8. The number of hydrogen-bond donors (Lipinski definition) is 0. The second-order valence-corrected chi connectivity index (χ2v) is 13.2. The van der Waals surface area contributed by atoms with Crippen LogP contribution in [0.4, 0.5) is 4.39 Å². The number of likely N-dealkylation sites (tertiary alicyclic amines) is 1. The van der Waals surface area contributed by atoms with Crippen LogP contribution in [0.5, 0.6) is 0 Å². The summed E-state index contributed by atoms with van der Waals surface area (Å²) in [6, 6.07) is 20.9. The molecule has 6 nitrogen and oxygen atoms in total. The minimum Gasteiger partial charge on any atom is -0.337 e. The van der Waals surface area contributed by atoms with Gasteiger partial charge in [0.05, 0.1) is 27.9 Å². The lowest BCUT2D eigenvalue weighted by atomic mass is 9.86. The predicted octanol–water partition coefficient (Wildman–Crippen LogP) is 6.03. The Hall–Kier alpha value is -4.30. The first-order valence-electron chi connectivity index (χ1n) is 13.9. The third kappa shape index (κ3) is 4.41. The summed E-state index contributed by atoms with van der Waals surface area (Å²) in [7, 11) is -3.62. The molecule has 4 aromatic rings. The van der Waals surface area contributed by atoms with Crippen molar-refractivity contribution in [3.8, 4) is 5.69 Å². The van der Waals surface area contributed by atoms with Crippen LogP contribution in [0.3, 0.4) is 0 Å². The molecule has 0 spiro atoms. The lowest BCUT2D eigenvalue weighted by molar-refractivity contribution is -0.126. The fourth-order valence-corrected chi connectivity index (χ4v) is 7.98. The van der Waals surface area contributed by atoms with E-state index in [1.807, 2.05) is 29.1 Å². The van der Waals surface area contributed by atoms with Crippen LogP contribution in [-0.2, 0) is 20.0 Å². The van der Waals surface area contributed by atoms with E-state index in [1.54, 1.807) is 24.0 Å². The Balaban J connectivity index is 1.42. The van der Waals surface area contributed by atoms with E-state index in [0.29, 0.717) is 13.1 Å². The summed E-state index contributed by atoms with van der Waals surface area (Å²) in [6.45, 7) is 8.40. The fourth-order valence-electron chi connectivity index (χ4n) is 7.00. The monoisotopic (exact) mass is 581 g/mol. The minimum atomic E-state index is -3.62. The molecule has 42 heavy (non-hydrogen) atoms. The van der Waals surface area contributed by atoms with E-state index < -0.39 is 9.84 Å². The van der Waals surface area contributed by atoms with Gasteiger partial charge in [-0.05, 0) is 78.9 Å². The molecule has 0 N–H and O–H groups in total. The topological polar surface area (TPSA) is 72.3 Å². The number of amides is 1. The van der Waals surface area contributed by atoms with Crippen LogP contribution in [0, 0.1) is 18.7 Å². The molecule has 1 aliphatic heterocycles. The van der Waals surface area contributed by atoms with Crippen molar-refractivity contribution >= 4 is 26.6 Å². The lowest BCUT2D eigenvalue weighted by Gasteiger charge is -2.27. The third-order valence-corrected chi connectivity index (χ3v) is 10.0. The van der Waals surface area contributed by atoms with Crippen molar-refractivity contribution in [3.05, 3.63) is 131 Å². The summed E-state index contributed by atoms with van der Waals surface area (Å²) in [4.78, 5) is 15.7. The highest BCUT2D eigenvalue weighted by Gasteiger charge is 2.71. The van der Waals surface area contributed by atoms with Gasteiger partial charge in [0.15, 0.2) is 9.84 Å². The summed E-state index contributed by atoms with van der Waals surface area (Å²) >= 11 is 0. The standard InChI is InChI=1S/C34H32FN3O3S/c1-5-10-27(31(6-2)42(4,40)41)33(39)37-20-29-32(23-11-8-7-9-12-23)34(29,21-37)28-18-24-19-36-38(30(24)17-22(28)3)26-15-13-25(35)14-16-26/h5-19,29,32H,1,20-21H2,2-4H3/b27-10+,31-6+/t29-,32-,34+/m1/s1. The second kappa shape index (κ2) is 10.2. The van der Waals surface area contributed by atoms with Crippen molar-refractivity contribution in [2.24, 2.45) is 5.92 Å². The van der Waals surface area contributed by atoms with Crippen molar-refractivity contribution in [3.63, 3.8) is 0 Å². The molecule has 2 fully saturated rings. The molecule has 8 heteroatoms. The van der Waals surface area contributed by atoms with Crippen molar-refractivity contribution in [2.75, 3.05) is 19.3 Å². The fraction of sp³-hybridized carbons (Fsp3) is 0.235. The van der Waals surface area contributed by atoms with Gasteiger partial charge in [-0.1, -0.05) is 49.1 Å². The van der Waals surface area contributed by atoms with E-state index in [-0.39, 0.29) is 39.5 Å². The highest BCUT2D eigenvalue weighted by atomic mass is 32.2. The van der Waals surface area contributed by atoms with Gasteiger partial charge in [0.2, 0.25) is 0 Å². The zero-order chi connectivity index (χ0) is 29.8. The van der Waals surface area contributed by atoms with Crippen LogP contribution in [0.1, 0.15) is 29.5 Å². The van der Waals surface area contributed by atoms with Crippen LogP contribution in [0.2, 0.25) is 0 Å². The number of halogens is 1. The van der Waals surface area contributed by atoms with Crippen LogP contribution in [0.25, 0.3) is 16.6 Å². The summed E-state index contributed by atoms with van der Waals surface area (Å²) in [6.07, 6.45) is 7.36. The molecule has 1 amide bonds. The summed E-state index contributed by atoms with van der Waals surface area (Å²) in [5.41, 5.74) is 4.96. The van der Waals surface area contributed by atoms with Gasteiger partial charge in [-0.2, -0.15) is 5.10 Å². The number of rotatable bonds is 7. The van der Waals surface area contributed by atoms with Gasteiger partial charge in [0.25, 0.3) is 5.91 Å². The molecular formula is C34H32FN3O3S. The van der Waals surface area contributed by atoms with Gasteiger partial charge >= 0.3 is 0 Å². The van der Waals surface area contributed by atoms with Crippen molar-refractivity contribution in [1.82, 2.24) is 14.7 Å².